The van der Waals surface area contributed by atoms with Crippen LogP contribution in [0.25, 0.3) is 10.9 Å². The van der Waals surface area contributed by atoms with Gasteiger partial charge in [0, 0.05) is 34.7 Å². The molecule has 1 aliphatic carbocycles. The second-order valence-electron chi connectivity index (χ2n) is 11.2. The lowest BCUT2D eigenvalue weighted by Gasteiger charge is -2.41. The number of nitrogens with one attached hydrogen (secondary N) is 1. The molecule has 3 aliphatic rings. The number of aliphatic imine (C=N–C) groups is 1. The third-order valence-corrected chi connectivity index (χ3v) is 10.3. The Morgan fingerprint density at radius 1 is 1.23 bits per heavy atom. The Balaban J connectivity index is 1.63. The number of thiol groups is 1. The Kier molecular flexibility index (Phi) is 5.95. The summed E-state index contributed by atoms with van der Waals surface area (Å²) in [5.74, 6) is 0.782. The van der Waals surface area contributed by atoms with E-state index in [1.165, 1.54) is 0 Å². The number of hydrogen-bond acceptors (Lipinski definition) is 6. The monoisotopic (exact) mass is 496 g/mol. The highest BCUT2D eigenvalue weighted by Gasteiger charge is 2.48. The van der Waals surface area contributed by atoms with Crippen molar-refractivity contribution in [3.05, 3.63) is 34.0 Å². The van der Waals surface area contributed by atoms with Crippen LogP contribution in [0.4, 0.5) is 0 Å². The summed E-state index contributed by atoms with van der Waals surface area (Å²) in [5, 5.41) is 9.84. The molecule has 7 nitrogen and oxygen atoms in total. The topological polar surface area (TPSA) is 85.6 Å². The van der Waals surface area contributed by atoms with Crippen molar-refractivity contribution in [3.8, 4) is 5.75 Å². The van der Waals surface area contributed by atoms with Gasteiger partial charge in [0.15, 0.2) is 5.78 Å². The molecule has 1 N–H and O–H groups in total. The minimum atomic E-state index is -1.38. The Morgan fingerprint density at radius 3 is 2.60 bits per heavy atom. The van der Waals surface area contributed by atoms with Crippen LogP contribution in [0.5, 0.6) is 5.75 Å². The number of hydrogen-bond donors (Lipinski definition) is 2. The maximum Gasteiger partial charge on any atom is 0.208 e. The number of aromatic nitrogens is 2. The first kappa shape index (κ1) is 24.3. The maximum absolute atomic E-state index is 14.4. The van der Waals surface area contributed by atoms with Crippen molar-refractivity contribution in [2.24, 2.45) is 22.9 Å². The zero-order chi connectivity index (χ0) is 25.1. The fourth-order valence-electron chi connectivity index (χ4n) is 5.78. The van der Waals surface area contributed by atoms with Crippen molar-refractivity contribution in [1.29, 1.82) is 0 Å². The van der Waals surface area contributed by atoms with E-state index in [4.69, 9.17) is 9.73 Å². The molecular formula is C27H36N4O3S. The van der Waals surface area contributed by atoms with E-state index in [1.807, 2.05) is 37.7 Å². The summed E-state index contributed by atoms with van der Waals surface area (Å²) < 4.78 is 7.78. The SMILES string of the molecule is CCOc1cc(C(=O)[SH]2C(C(C)(C)C)=NC3=C2CC2(CCNCC2)CC3=O)cc2c(C)nn(C)c12. The second-order valence-corrected chi connectivity index (χ2v) is 13.2. The lowest BCUT2D eigenvalue weighted by atomic mass is 9.69. The molecule has 3 heterocycles. The molecular weight excluding hydrogens is 460 g/mol. The van der Waals surface area contributed by atoms with E-state index in [1.54, 1.807) is 0 Å². The van der Waals surface area contributed by atoms with Crippen molar-refractivity contribution < 1.29 is 14.3 Å². The number of benzene rings is 1. The smallest absolute Gasteiger partial charge is 0.208 e. The summed E-state index contributed by atoms with van der Waals surface area (Å²) in [6, 6.07) is 3.82. The first-order chi connectivity index (χ1) is 16.5. The Hall–Kier alpha value is -2.45. The number of nitrogens with zero attached hydrogens (tertiary/aromatic N) is 3. The van der Waals surface area contributed by atoms with Gasteiger partial charge in [-0.15, -0.1) is 10.9 Å². The molecule has 1 unspecified atom stereocenters. The Morgan fingerprint density at radius 2 is 1.94 bits per heavy atom. The van der Waals surface area contributed by atoms with Crippen LogP contribution in [-0.2, 0) is 11.8 Å². The number of fused-ring (bicyclic) bond motifs is 1. The molecule has 1 spiro atoms. The molecule has 1 aromatic carbocycles. The zero-order valence-electron chi connectivity index (χ0n) is 21.6. The number of carbonyl (C=O) groups is 2. The van der Waals surface area contributed by atoms with Gasteiger partial charge in [-0.3, -0.25) is 14.3 Å². The minimum Gasteiger partial charge on any atom is -0.492 e. The van der Waals surface area contributed by atoms with Crippen LogP contribution in [0.1, 0.15) is 69.4 Å². The highest BCUT2D eigenvalue weighted by atomic mass is 32.2. The lowest BCUT2D eigenvalue weighted by Crippen LogP contribution is -2.40. The van der Waals surface area contributed by atoms with E-state index < -0.39 is 10.9 Å². The van der Waals surface area contributed by atoms with Crippen molar-refractivity contribution in [2.45, 2.75) is 60.3 Å². The molecule has 2 aromatic rings. The summed E-state index contributed by atoms with van der Waals surface area (Å²) in [4.78, 5) is 33.6. The van der Waals surface area contributed by atoms with Crippen LogP contribution < -0.4 is 10.1 Å². The molecule has 0 radical (unpaired) electrons. The van der Waals surface area contributed by atoms with Crippen LogP contribution >= 0.6 is 10.9 Å². The molecule has 1 saturated heterocycles. The fraction of sp³-hybridized carbons (Fsp3) is 0.556. The van der Waals surface area contributed by atoms with E-state index in [0.29, 0.717) is 30.0 Å². The Labute approximate surface area is 209 Å². The average molecular weight is 497 g/mol. The first-order valence-corrected chi connectivity index (χ1v) is 13.9. The van der Waals surface area contributed by atoms with E-state index in [-0.39, 0.29) is 21.7 Å². The van der Waals surface area contributed by atoms with E-state index >= 15 is 0 Å². The predicted octanol–water partition coefficient (Wildman–Crippen LogP) is 4.82. The Bertz CT molecular complexity index is 1290. The molecule has 0 bridgehead atoms. The summed E-state index contributed by atoms with van der Waals surface area (Å²) in [6.45, 7) is 12.5. The van der Waals surface area contributed by atoms with Gasteiger partial charge >= 0.3 is 0 Å². The molecule has 0 amide bonds. The van der Waals surface area contributed by atoms with Crippen molar-refractivity contribution in [2.75, 3.05) is 19.7 Å². The number of ketones is 1. The van der Waals surface area contributed by atoms with Crippen LogP contribution in [0.3, 0.4) is 0 Å². The van der Waals surface area contributed by atoms with Gasteiger partial charge < -0.3 is 10.1 Å². The lowest BCUT2D eigenvalue weighted by molar-refractivity contribution is -0.119. The van der Waals surface area contributed by atoms with Crippen molar-refractivity contribution >= 4 is 37.7 Å². The van der Waals surface area contributed by atoms with Gasteiger partial charge in [0.1, 0.15) is 17.0 Å². The minimum absolute atomic E-state index is 0.0503. The van der Waals surface area contributed by atoms with Crippen molar-refractivity contribution in [3.63, 3.8) is 0 Å². The third kappa shape index (κ3) is 4.04. The van der Waals surface area contributed by atoms with Crippen LogP contribution in [0.2, 0.25) is 0 Å². The van der Waals surface area contributed by atoms with Crippen LogP contribution in [0, 0.1) is 17.8 Å². The van der Waals surface area contributed by atoms with E-state index in [2.05, 4.69) is 31.2 Å². The molecule has 0 saturated carbocycles. The van der Waals surface area contributed by atoms with E-state index in [0.717, 1.165) is 58.9 Å². The number of Topliss-reactive ketones (excluding diaryl/α,β-unsaturated/α-hetero) is 1. The summed E-state index contributed by atoms with van der Waals surface area (Å²) >= 11 is 0. The highest BCUT2D eigenvalue weighted by molar-refractivity contribution is 8.44. The molecule has 1 fully saturated rings. The number of ether oxygens (including phenoxy) is 1. The van der Waals surface area contributed by atoms with Gasteiger partial charge in [-0.1, -0.05) is 20.8 Å². The quantitative estimate of drug-likeness (QED) is 0.595. The molecule has 188 valence electrons. The second kappa shape index (κ2) is 8.59. The van der Waals surface area contributed by atoms with E-state index in [9.17, 15) is 9.59 Å². The first-order valence-electron chi connectivity index (χ1n) is 12.6. The molecule has 5 rings (SSSR count). The van der Waals surface area contributed by atoms with Crippen LogP contribution in [0.15, 0.2) is 27.7 Å². The number of piperidine rings is 1. The zero-order valence-corrected chi connectivity index (χ0v) is 22.5. The number of aryl methyl sites for hydroxylation is 2. The molecule has 2 aliphatic heterocycles. The number of rotatable bonds is 3. The van der Waals surface area contributed by atoms with Gasteiger partial charge in [-0.05, 0) is 63.7 Å². The van der Waals surface area contributed by atoms with Gasteiger partial charge in [0.2, 0.25) is 5.12 Å². The summed E-state index contributed by atoms with van der Waals surface area (Å²) in [6.07, 6.45) is 3.27. The normalized spacial score (nSPS) is 23.1. The largest absolute Gasteiger partial charge is 0.492 e. The maximum atomic E-state index is 14.4. The van der Waals surface area contributed by atoms with Gasteiger partial charge in [0.05, 0.1) is 17.3 Å². The molecule has 1 atom stereocenters. The molecule has 1 aromatic heterocycles. The predicted molar refractivity (Wildman–Crippen MR) is 143 cm³/mol. The van der Waals surface area contributed by atoms with Crippen molar-refractivity contribution in [1.82, 2.24) is 15.1 Å². The standard InChI is InChI=1S/C27H36N4O3S/c1-7-34-20-13-17(12-18-16(2)30-31(6)23(18)20)24(33)35-21-15-27(8-10-28-11-9-27)14-19(32)22(21)29-25(35)26(3,4)5/h12-13,28,35H,7-11,14-15H2,1-6H3. The summed E-state index contributed by atoms with van der Waals surface area (Å²) in [5.41, 5.74) is 2.59. The fourth-order valence-corrected chi connectivity index (χ4v) is 8.61. The third-order valence-electron chi connectivity index (χ3n) is 7.49. The van der Waals surface area contributed by atoms with Crippen LogP contribution in [-0.4, -0.2) is 45.4 Å². The van der Waals surface area contributed by atoms with Gasteiger partial charge in [-0.2, -0.15) is 5.10 Å². The number of carbonyl (C=O) groups excluding carboxylic acids is 2. The molecule has 35 heavy (non-hydrogen) atoms. The van der Waals surface area contributed by atoms with Gasteiger partial charge in [-0.25, -0.2) is 4.99 Å². The summed E-state index contributed by atoms with van der Waals surface area (Å²) in [7, 11) is 0.515. The molecule has 8 heteroatoms. The average Bonchev–Trinajstić information content (AvgIpc) is 3.31. The van der Waals surface area contributed by atoms with Gasteiger partial charge in [0.25, 0.3) is 0 Å². The number of allylic oxidation sites excluding steroid dienone is 2. The highest BCUT2D eigenvalue weighted by Crippen LogP contribution is 2.59.